The summed E-state index contributed by atoms with van der Waals surface area (Å²) in [5.41, 5.74) is 3.98. The summed E-state index contributed by atoms with van der Waals surface area (Å²) in [5.74, 6) is 0.524. The minimum absolute atomic E-state index is 0.0443. The van der Waals surface area contributed by atoms with Gasteiger partial charge in [0.05, 0.1) is 17.9 Å². The SMILES string of the molecule is Cc1cc(CNC(=O)c2ccc(C3CCCNC3)cc2)n(C)n1. The monoisotopic (exact) mass is 312 g/mol. The van der Waals surface area contributed by atoms with E-state index in [1.54, 1.807) is 4.68 Å². The number of nitrogens with zero attached hydrogens (tertiary/aromatic N) is 2. The zero-order valence-electron chi connectivity index (χ0n) is 13.8. The van der Waals surface area contributed by atoms with Gasteiger partial charge in [0.25, 0.3) is 5.91 Å². The van der Waals surface area contributed by atoms with E-state index < -0.39 is 0 Å². The highest BCUT2D eigenvalue weighted by molar-refractivity contribution is 5.94. The van der Waals surface area contributed by atoms with Crippen LogP contribution < -0.4 is 10.6 Å². The van der Waals surface area contributed by atoms with Crippen LogP contribution in [-0.2, 0) is 13.6 Å². The van der Waals surface area contributed by atoms with Crippen molar-refractivity contribution in [2.24, 2.45) is 7.05 Å². The molecule has 1 atom stereocenters. The van der Waals surface area contributed by atoms with Crippen molar-refractivity contribution in [3.63, 3.8) is 0 Å². The highest BCUT2D eigenvalue weighted by Gasteiger charge is 2.15. The van der Waals surface area contributed by atoms with Gasteiger partial charge in [-0.15, -0.1) is 0 Å². The van der Waals surface area contributed by atoms with Gasteiger partial charge in [0.1, 0.15) is 0 Å². The van der Waals surface area contributed by atoms with Crippen molar-refractivity contribution in [3.05, 3.63) is 52.8 Å². The molecule has 1 aliphatic rings. The molecule has 1 aliphatic heterocycles. The predicted molar refractivity (Wildman–Crippen MR) is 90.4 cm³/mol. The molecule has 1 aromatic carbocycles. The van der Waals surface area contributed by atoms with Crippen LogP contribution in [0.15, 0.2) is 30.3 Å². The zero-order valence-corrected chi connectivity index (χ0v) is 13.8. The molecule has 23 heavy (non-hydrogen) atoms. The standard InChI is InChI=1S/C18H24N4O/c1-13-10-17(22(2)21-13)12-20-18(23)15-7-5-14(6-8-15)16-4-3-9-19-11-16/h5-8,10,16,19H,3-4,9,11-12H2,1-2H3,(H,20,23). The Hall–Kier alpha value is -2.14. The van der Waals surface area contributed by atoms with Gasteiger partial charge in [-0.2, -0.15) is 5.10 Å². The third kappa shape index (κ3) is 3.79. The van der Waals surface area contributed by atoms with Gasteiger partial charge in [0.2, 0.25) is 0 Å². The first-order valence-electron chi connectivity index (χ1n) is 8.22. The van der Waals surface area contributed by atoms with Gasteiger partial charge in [0.15, 0.2) is 0 Å². The Morgan fingerprint density at radius 3 is 2.78 bits per heavy atom. The summed E-state index contributed by atoms with van der Waals surface area (Å²) in [5, 5.41) is 10.7. The highest BCUT2D eigenvalue weighted by atomic mass is 16.1. The largest absolute Gasteiger partial charge is 0.346 e. The smallest absolute Gasteiger partial charge is 0.251 e. The summed E-state index contributed by atoms with van der Waals surface area (Å²) in [6.07, 6.45) is 2.44. The molecule has 2 heterocycles. The van der Waals surface area contributed by atoms with E-state index >= 15 is 0 Å². The number of aromatic nitrogens is 2. The molecule has 122 valence electrons. The molecule has 3 rings (SSSR count). The molecule has 0 radical (unpaired) electrons. The maximum atomic E-state index is 12.3. The highest BCUT2D eigenvalue weighted by Crippen LogP contribution is 2.23. The average molecular weight is 312 g/mol. The van der Waals surface area contributed by atoms with E-state index in [1.165, 1.54) is 18.4 Å². The second-order valence-electron chi connectivity index (χ2n) is 6.25. The molecule has 1 amide bonds. The Bertz CT molecular complexity index is 669. The molecule has 5 nitrogen and oxygen atoms in total. The number of benzene rings is 1. The number of nitrogens with one attached hydrogen (secondary N) is 2. The fourth-order valence-corrected chi connectivity index (χ4v) is 3.15. The Labute approximate surface area is 137 Å². The van der Waals surface area contributed by atoms with Crippen molar-refractivity contribution in [2.75, 3.05) is 13.1 Å². The molecule has 5 heteroatoms. The summed E-state index contributed by atoms with van der Waals surface area (Å²) in [4.78, 5) is 12.3. The lowest BCUT2D eigenvalue weighted by Crippen LogP contribution is -2.28. The van der Waals surface area contributed by atoms with Crippen molar-refractivity contribution in [1.29, 1.82) is 0 Å². The van der Waals surface area contributed by atoms with Gasteiger partial charge >= 0.3 is 0 Å². The molecule has 0 saturated carbocycles. The summed E-state index contributed by atoms with van der Waals surface area (Å²) in [7, 11) is 1.89. The van der Waals surface area contributed by atoms with Crippen molar-refractivity contribution in [3.8, 4) is 0 Å². The molecule has 1 aromatic heterocycles. The van der Waals surface area contributed by atoms with Gasteiger partial charge in [-0.05, 0) is 56.0 Å². The number of amides is 1. The van der Waals surface area contributed by atoms with E-state index in [0.717, 1.165) is 24.5 Å². The second-order valence-corrected chi connectivity index (χ2v) is 6.25. The van der Waals surface area contributed by atoms with E-state index in [1.807, 2.05) is 32.2 Å². The fraction of sp³-hybridized carbons (Fsp3) is 0.444. The Balaban J connectivity index is 1.60. The molecule has 2 N–H and O–H groups in total. The van der Waals surface area contributed by atoms with Crippen LogP contribution in [0.1, 0.15) is 46.1 Å². The molecule has 0 spiro atoms. The molecule has 1 saturated heterocycles. The van der Waals surface area contributed by atoms with Gasteiger partial charge in [-0.25, -0.2) is 0 Å². The molecule has 2 aromatic rings. The van der Waals surface area contributed by atoms with Crippen LogP contribution in [0.4, 0.5) is 0 Å². The van der Waals surface area contributed by atoms with E-state index in [-0.39, 0.29) is 5.91 Å². The molecular weight excluding hydrogens is 288 g/mol. The molecule has 0 bridgehead atoms. The maximum Gasteiger partial charge on any atom is 0.251 e. The molecule has 1 unspecified atom stereocenters. The van der Waals surface area contributed by atoms with Gasteiger partial charge in [-0.1, -0.05) is 12.1 Å². The Morgan fingerprint density at radius 2 is 2.17 bits per heavy atom. The van der Waals surface area contributed by atoms with Crippen LogP contribution in [0.5, 0.6) is 0 Å². The first-order valence-corrected chi connectivity index (χ1v) is 8.22. The Kier molecular flexibility index (Phi) is 4.76. The first kappa shape index (κ1) is 15.7. The summed E-state index contributed by atoms with van der Waals surface area (Å²) >= 11 is 0. The minimum Gasteiger partial charge on any atom is -0.346 e. The van der Waals surface area contributed by atoms with Crippen LogP contribution in [0.2, 0.25) is 0 Å². The summed E-state index contributed by atoms with van der Waals surface area (Å²) < 4.78 is 1.80. The number of aryl methyl sites for hydroxylation is 2. The molecular formula is C18H24N4O. The van der Waals surface area contributed by atoms with Crippen molar-refractivity contribution < 1.29 is 4.79 Å². The summed E-state index contributed by atoms with van der Waals surface area (Å²) in [6.45, 7) is 4.59. The average Bonchev–Trinajstić information content (AvgIpc) is 2.91. The Morgan fingerprint density at radius 1 is 1.39 bits per heavy atom. The topological polar surface area (TPSA) is 59.0 Å². The lowest BCUT2D eigenvalue weighted by Gasteiger charge is -2.23. The van der Waals surface area contributed by atoms with Gasteiger partial charge in [-0.3, -0.25) is 9.48 Å². The number of carbonyl (C=O) groups is 1. The van der Waals surface area contributed by atoms with Crippen LogP contribution in [0, 0.1) is 6.92 Å². The number of hydrogen-bond donors (Lipinski definition) is 2. The fourth-order valence-electron chi connectivity index (χ4n) is 3.15. The minimum atomic E-state index is -0.0443. The van der Waals surface area contributed by atoms with Crippen LogP contribution in [0.25, 0.3) is 0 Å². The lowest BCUT2D eigenvalue weighted by molar-refractivity contribution is 0.0950. The normalized spacial score (nSPS) is 17.9. The van der Waals surface area contributed by atoms with Gasteiger partial charge < -0.3 is 10.6 Å². The quantitative estimate of drug-likeness (QED) is 0.909. The van der Waals surface area contributed by atoms with E-state index in [4.69, 9.17) is 0 Å². The van der Waals surface area contributed by atoms with E-state index in [0.29, 0.717) is 18.0 Å². The first-order chi connectivity index (χ1) is 11.1. The van der Waals surface area contributed by atoms with Crippen LogP contribution in [0.3, 0.4) is 0 Å². The lowest BCUT2D eigenvalue weighted by atomic mass is 9.91. The zero-order chi connectivity index (χ0) is 16.2. The van der Waals surface area contributed by atoms with Crippen molar-refractivity contribution >= 4 is 5.91 Å². The molecule has 0 aliphatic carbocycles. The third-order valence-corrected chi connectivity index (χ3v) is 4.47. The van der Waals surface area contributed by atoms with E-state index in [2.05, 4.69) is 27.9 Å². The summed E-state index contributed by atoms with van der Waals surface area (Å²) in [6, 6.07) is 10.0. The number of carbonyl (C=O) groups excluding carboxylic acids is 1. The third-order valence-electron chi connectivity index (χ3n) is 4.47. The van der Waals surface area contributed by atoms with Crippen LogP contribution in [-0.4, -0.2) is 28.8 Å². The number of rotatable bonds is 4. The number of hydrogen-bond acceptors (Lipinski definition) is 3. The number of piperidine rings is 1. The van der Waals surface area contributed by atoms with Gasteiger partial charge in [0, 0.05) is 19.2 Å². The van der Waals surface area contributed by atoms with Crippen molar-refractivity contribution in [2.45, 2.75) is 32.2 Å². The maximum absolute atomic E-state index is 12.3. The second kappa shape index (κ2) is 6.96. The predicted octanol–water partition coefficient (Wildman–Crippen LogP) is 2.13. The van der Waals surface area contributed by atoms with E-state index in [9.17, 15) is 4.79 Å². The van der Waals surface area contributed by atoms with Crippen molar-refractivity contribution in [1.82, 2.24) is 20.4 Å². The molecule has 1 fully saturated rings. The van der Waals surface area contributed by atoms with Crippen LogP contribution >= 0.6 is 0 Å².